The van der Waals surface area contributed by atoms with Crippen LogP contribution in [0.4, 0.5) is 0 Å². The highest BCUT2D eigenvalue weighted by atomic mass is 79.9. The summed E-state index contributed by atoms with van der Waals surface area (Å²) in [6.07, 6.45) is 12.6. The fraction of sp³-hybridized carbons (Fsp3) is 0.520. The van der Waals surface area contributed by atoms with E-state index in [1.165, 1.54) is 43.9 Å². The molecule has 1 aromatic rings. The Balaban J connectivity index is 3.06. The zero-order valence-corrected chi connectivity index (χ0v) is 22.2. The average Bonchev–Trinajstić information content (AvgIpc) is 3.01. The van der Waals surface area contributed by atoms with Gasteiger partial charge in [0.2, 0.25) is 0 Å². The lowest BCUT2D eigenvalue weighted by Crippen LogP contribution is -2.14. The fourth-order valence-electron chi connectivity index (χ4n) is 2.70. The van der Waals surface area contributed by atoms with E-state index in [1.54, 1.807) is 11.8 Å². The predicted octanol–water partition coefficient (Wildman–Crippen LogP) is 9.26. The summed E-state index contributed by atoms with van der Waals surface area (Å²) in [6.45, 7) is 18.4. The largest absolute Gasteiger partial charge is 0.379 e. The van der Waals surface area contributed by atoms with Gasteiger partial charge in [0.25, 0.3) is 0 Å². The van der Waals surface area contributed by atoms with Crippen LogP contribution in [0, 0.1) is 12.8 Å². The molecule has 1 rings (SSSR count). The summed E-state index contributed by atoms with van der Waals surface area (Å²) >= 11 is 7.42. The fourth-order valence-corrected chi connectivity index (χ4v) is 5.37. The molecule has 1 heterocycles. The summed E-state index contributed by atoms with van der Waals surface area (Å²) in [6, 6.07) is 0. The van der Waals surface area contributed by atoms with Gasteiger partial charge >= 0.3 is 0 Å². The molecule has 0 aliphatic rings. The SMILES string of the molecule is C=C(CN/C(=C/C(=C/CCC)CC)c1sc(CC)c(Br)c1C)S/C=C\C(C)CC. The number of allylic oxidation sites excluding steroid dienone is 4. The van der Waals surface area contributed by atoms with Crippen molar-refractivity contribution in [3.8, 4) is 0 Å². The van der Waals surface area contributed by atoms with Gasteiger partial charge in [-0.1, -0.05) is 71.8 Å². The van der Waals surface area contributed by atoms with E-state index < -0.39 is 0 Å². The first-order chi connectivity index (χ1) is 13.9. The third-order valence-corrected chi connectivity index (χ3v) is 8.48. The van der Waals surface area contributed by atoms with Crippen LogP contribution in [-0.2, 0) is 6.42 Å². The summed E-state index contributed by atoms with van der Waals surface area (Å²) < 4.78 is 1.26. The lowest BCUT2D eigenvalue weighted by Gasteiger charge is -2.13. The second-order valence-corrected chi connectivity index (χ2v) is 10.3. The van der Waals surface area contributed by atoms with Crippen molar-refractivity contribution in [2.24, 2.45) is 5.92 Å². The summed E-state index contributed by atoms with van der Waals surface area (Å²) in [5.41, 5.74) is 3.93. The van der Waals surface area contributed by atoms with Gasteiger partial charge in [-0.2, -0.15) is 0 Å². The maximum Gasteiger partial charge on any atom is 0.0545 e. The van der Waals surface area contributed by atoms with Gasteiger partial charge in [-0.05, 0) is 65.1 Å². The van der Waals surface area contributed by atoms with Crippen LogP contribution in [0.25, 0.3) is 5.70 Å². The molecule has 1 unspecified atom stereocenters. The maximum atomic E-state index is 4.25. The topological polar surface area (TPSA) is 12.0 Å². The van der Waals surface area contributed by atoms with Crippen molar-refractivity contribution in [3.05, 3.63) is 60.5 Å². The third-order valence-electron chi connectivity index (χ3n) is 4.90. The van der Waals surface area contributed by atoms with Crippen LogP contribution in [-0.4, -0.2) is 6.54 Å². The smallest absolute Gasteiger partial charge is 0.0545 e. The summed E-state index contributed by atoms with van der Waals surface area (Å²) in [7, 11) is 0. The van der Waals surface area contributed by atoms with E-state index in [-0.39, 0.29) is 0 Å². The van der Waals surface area contributed by atoms with E-state index in [0.717, 1.165) is 30.7 Å². The molecule has 0 radical (unpaired) electrons. The standard InChI is InChI=1S/C25H38BrNS2/c1-8-12-13-21(10-3)16-22(25-20(7)24(26)23(11-4)29-25)27-17-19(6)28-15-14-18(5)9-2/h13-16,18,27H,6,8-12,17H2,1-5,7H3/b15-14-,21-13+,22-16+. The van der Waals surface area contributed by atoms with Crippen molar-refractivity contribution in [1.82, 2.24) is 5.32 Å². The van der Waals surface area contributed by atoms with Crippen molar-refractivity contribution >= 4 is 44.7 Å². The monoisotopic (exact) mass is 495 g/mol. The molecule has 0 spiro atoms. The normalized spacial score (nSPS) is 13.9. The van der Waals surface area contributed by atoms with E-state index in [2.05, 4.69) is 93.0 Å². The first-order valence-electron chi connectivity index (χ1n) is 10.8. The quantitative estimate of drug-likeness (QED) is 0.273. The highest BCUT2D eigenvalue weighted by Crippen LogP contribution is 2.37. The van der Waals surface area contributed by atoms with Crippen LogP contribution >= 0.6 is 39.0 Å². The summed E-state index contributed by atoms with van der Waals surface area (Å²) in [5, 5.41) is 5.87. The minimum Gasteiger partial charge on any atom is -0.379 e. The number of hydrogen-bond acceptors (Lipinski definition) is 3. The van der Waals surface area contributed by atoms with Gasteiger partial charge in [-0.3, -0.25) is 0 Å². The van der Waals surface area contributed by atoms with Gasteiger partial charge in [0.15, 0.2) is 0 Å². The Morgan fingerprint density at radius 2 is 2.00 bits per heavy atom. The zero-order chi connectivity index (χ0) is 21.8. The van der Waals surface area contributed by atoms with Gasteiger partial charge in [0, 0.05) is 20.8 Å². The molecule has 0 saturated carbocycles. The number of thiophene rings is 1. The first kappa shape index (κ1) is 26.3. The molecule has 1 atom stereocenters. The summed E-state index contributed by atoms with van der Waals surface area (Å²) in [5.74, 6) is 0.619. The highest BCUT2D eigenvalue weighted by Gasteiger charge is 2.15. The summed E-state index contributed by atoms with van der Waals surface area (Å²) in [4.78, 5) is 3.87. The number of rotatable bonds is 13. The molecule has 0 amide bonds. The van der Waals surface area contributed by atoms with Crippen molar-refractivity contribution in [1.29, 1.82) is 0 Å². The van der Waals surface area contributed by atoms with E-state index in [0.29, 0.717) is 5.92 Å². The second-order valence-electron chi connectivity index (χ2n) is 7.35. The van der Waals surface area contributed by atoms with Crippen molar-refractivity contribution in [2.45, 2.75) is 73.6 Å². The van der Waals surface area contributed by atoms with E-state index in [4.69, 9.17) is 0 Å². The molecule has 4 heteroatoms. The average molecular weight is 497 g/mol. The molecule has 1 N–H and O–H groups in total. The Morgan fingerprint density at radius 3 is 2.55 bits per heavy atom. The molecule has 0 aliphatic heterocycles. The molecule has 1 nitrogen and oxygen atoms in total. The Bertz CT molecular complexity index is 740. The van der Waals surface area contributed by atoms with Crippen LogP contribution in [0.3, 0.4) is 0 Å². The van der Waals surface area contributed by atoms with Crippen LogP contribution in [0.2, 0.25) is 0 Å². The Labute approximate surface area is 196 Å². The van der Waals surface area contributed by atoms with Crippen LogP contribution in [0.1, 0.15) is 75.6 Å². The number of nitrogens with one attached hydrogen (secondary N) is 1. The highest BCUT2D eigenvalue weighted by molar-refractivity contribution is 9.10. The van der Waals surface area contributed by atoms with Crippen LogP contribution in [0.15, 0.2) is 45.2 Å². The van der Waals surface area contributed by atoms with Gasteiger partial charge in [0.05, 0.1) is 10.6 Å². The number of thioether (sulfide) groups is 1. The van der Waals surface area contributed by atoms with Gasteiger partial charge < -0.3 is 5.32 Å². The number of halogens is 1. The van der Waals surface area contributed by atoms with Crippen molar-refractivity contribution in [2.75, 3.05) is 6.54 Å². The minimum atomic E-state index is 0.619. The number of hydrogen-bond donors (Lipinski definition) is 1. The van der Waals surface area contributed by atoms with Crippen LogP contribution in [0.5, 0.6) is 0 Å². The Hall–Kier alpha value is -0.710. The molecule has 162 valence electrons. The maximum absolute atomic E-state index is 4.25. The van der Waals surface area contributed by atoms with Gasteiger partial charge in [-0.15, -0.1) is 23.1 Å². The number of aryl methyl sites for hydroxylation is 1. The Morgan fingerprint density at radius 1 is 1.28 bits per heavy atom. The molecule has 1 aromatic heterocycles. The molecular formula is C25H38BrNS2. The molecule has 29 heavy (non-hydrogen) atoms. The molecule has 0 bridgehead atoms. The zero-order valence-electron chi connectivity index (χ0n) is 19.0. The van der Waals surface area contributed by atoms with Crippen molar-refractivity contribution < 1.29 is 0 Å². The molecule has 0 saturated heterocycles. The molecule has 0 aliphatic carbocycles. The minimum absolute atomic E-state index is 0.619. The Kier molecular flexibility index (Phi) is 13.0. The van der Waals surface area contributed by atoms with Crippen LogP contribution < -0.4 is 5.32 Å². The molecular weight excluding hydrogens is 458 g/mol. The molecule has 0 fully saturated rings. The lowest BCUT2D eigenvalue weighted by molar-refractivity contribution is 0.699. The molecule has 0 aromatic carbocycles. The second kappa shape index (κ2) is 14.3. The third kappa shape index (κ3) is 8.90. The van der Waals surface area contributed by atoms with Gasteiger partial charge in [-0.25, -0.2) is 0 Å². The van der Waals surface area contributed by atoms with Gasteiger partial charge in [0.1, 0.15) is 0 Å². The van der Waals surface area contributed by atoms with Crippen molar-refractivity contribution in [3.63, 3.8) is 0 Å². The van der Waals surface area contributed by atoms with E-state index in [1.807, 2.05) is 11.3 Å². The predicted molar refractivity (Wildman–Crippen MR) is 141 cm³/mol. The number of unbranched alkanes of at least 4 members (excludes halogenated alkanes) is 1. The van der Waals surface area contributed by atoms with E-state index >= 15 is 0 Å². The first-order valence-corrected chi connectivity index (χ1v) is 13.3. The lowest BCUT2D eigenvalue weighted by atomic mass is 10.1. The van der Waals surface area contributed by atoms with E-state index in [9.17, 15) is 0 Å².